The molecule has 4 fully saturated rings. The quantitative estimate of drug-likeness (QED) is 0.410. The zero-order valence-electron chi connectivity index (χ0n) is 20.4. The highest BCUT2D eigenvalue weighted by atomic mass is 16.4. The first-order chi connectivity index (χ1) is 15.5. The molecule has 0 spiro atoms. The van der Waals surface area contributed by atoms with Gasteiger partial charge in [-0.2, -0.15) is 0 Å². The van der Waals surface area contributed by atoms with E-state index in [1.165, 1.54) is 0 Å². The number of rotatable bonds is 6. The van der Waals surface area contributed by atoms with E-state index in [4.69, 9.17) is 5.11 Å². The lowest BCUT2D eigenvalue weighted by molar-refractivity contribution is -0.207. The van der Waals surface area contributed by atoms with E-state index in [0.717, 1.165) is 38.5 Å². The van der Waals surface area contributed by atoms with Crippen molar-refractivity contribution in [2.75, 3.05) is 6.54 Å². The molecular weight excluding hydrogens is 422 g/mol. The minimum absolute atomic E-state index is 0.0668. The van der Waals surface area contributed by atoms with Gasteiger partial charge < -0.3 is 25.7 Å². The van der Waals surface area contributed by atoms with Gasteiger partial charge >= 0.3 is 5.97 Å². The summed E-state index contributed by atoms with van der Waals surface area (Å²) in [4.78, 5) is 22.7. The molecule has 4 saturated carbocycles. The largest absolute Gasteiger partial charge is 0.480 e. The summed E-state index contributed by atoms with van der Waals surface area (Å²) in [5, 5.41) is 44.4. The van der Waals surface area contributed by atoms with Gasteiger partial charge in [0.1, 0.15) is 6.54 Å². The van der Waals surface area contributed by atoms with Crippen LogP contribution < -0.4 is 5.32 Å². The molecule has 0 aromatic heterocycles. The van der Waals surface area contributed by atoms with Crippen LogP contribution in [-0.2, 0) is 9.59 Å². The maximum atomic E-state index is 12.0. The lowest BCUT2D eigenvalue weighted by atomic mass is 9.43. The molecule has 7 nitrogen and oxygen atoms in total. The first kappa shape index (κ1) is 24.9. The molecule has 5 N–H and O–H groups in total. The van der Waals surface area contributed by atoms with Crippen molar-refractivity contribution in [3.63, 3.8) is 0 Å². The Morgan fingerprint density at radius 1 is 1.03 bits per heavy atom. The van der Waals surface area contributed by atoms with Crippen LogP contribution in [0.15, 0.2) is 0 Å². The average Bonchev–Trinajstić information content (AvgIpc) is 3.11. The number of hydrogen-bond acceptors (Lipinski definition) is 5. The third-order valence-corrected chi connectivity index (χ3v) is 10.8. The summed E-state index contributed by atoms with van der Waals surface area (Å²) in [6.07, 6.45) is 5.86. The van der Waals surface area contributed by atoms with Gasteiger partial charge in [-0.25, -0.2) is 0 Å². The third kappa shape index (κ3) is 4.23. The maximum absolute atomic E-state index is 12.0. The van der Waals surface area contributed by atoms with Crippen molar-refractivity contribution in [1.82, 2.24) is 5.32 Å². The number of carboxylic acid groups (broad SMARTS) is 1. The fourth-order valence-electron chi connectivity index (χ4n) is 8.95. The second-order valence-electron chi connectivity index (χ2n) is 12.2. The second kappa shape index (κ2) is 9.12. The minimum Gasteiger partial charge on any atom is -0.480 e. The number of carboxylic acids is 1. The van der Waals surface area contributed by atoms with Crippen LogP contribution in [0.25, 0.3) is 0 Å². The van der Waals surface area contributed by atoms with Crippen LogP contribution >= 0.6 is 0 Å². The zero-order valence-corrected chi connectivity index (χ0v) is 20.4. The average molecular weight is 466 g/mol. The van der Waals surface area contributed by atoms with E-state index in [9.17, 15) is 24.9 Å². The second-order valence-corrected chi connectivity index (χ2v) is 12.2. The Kier molecular flexibility index (Phi) is 6.89. The van der Waals surface area contributed by atoms with Gasteiger partial charge in [-0.1, -0.05) is 20.8 Å². The maximum Gasteiger partial charge on any atom is 0.322 e. The lowest BCUT2D eigenvalue weighted by Crippen LogP contribution is -2.62. The van der Waals surface area contributed by atoms with Gasteiger partial charge in [0.25, 0.3) is 0 Å². The van der Waals surface area contributed by atoms with Crippen molar-refractivity contribution >= 4 is 11.9 Å². The fraction of sp³-hybridized carbons (Fsp3) is 0.923. The minimum atomic E-state index is -1.04. The molecule has 188 valence electrons. The molecule has 33 heavy (non-hydrogen) atoms. The van der Waals surface area contributed by atoms with Crippen molar-refractivity contribution in [2.24, 2.45) is 46.3 Å². The summed E-state index contributed by atoms with van der Waals surface area (Å²) in [7, 11) is 0. The smallest absolute Gasteiger partial charge is 0.322 e. The van der Waals surface area contributed by atoms with Crippen LogP contribution in [0.4, 0.5) is 0 Å². The highest BCUT2D eigenvalue weighted by Gasteiger charge is 2.65. The SMILES string of the molecule is C[C@H](CCC(=O)NCC(=O)O)[C@@H]1CC[C@@H]2[C@H]3[C@H](O)C[C@H]4C[C@H](O)CC[C@@]4(C)[C@H]3C[C@H](O)[C@@]21C. The Balaban J connectivity index is 1.49. The molecule has 11 atom stereocenters. The van der Waals surface area contributed by atoms with Gasteiger partial charge in [0, 0.05) is 6.42 Å². The predicted octanol–water partition coefficient (Wildman–Crippen LogP) is 2.56. The number of carbonyl (C=O) groups excluding carboxylic acids is 1. The molecule has 0 bridgehead atoms. The van der Waals surface area contributed by atoms with E-state index < -0.39 is 12.1 Å². The molecule has 0 heterocycles. The van der Waals surface area contributed by atoms with Crippen molar-refractivity contribution < 1.29 is 30.0 Å². The number of carbonyl (C=O) groups is 2. The zero-order chi connectivity index (χ0) is 24.1. The number of aliphatic hydroxyl groups is 3. The molecule has 0 aromatic carbocycles. The highest BCUT2D eigenvalue weighted by Crippen LogP contribution is 2.68. The van der Waals surface area contributed by atoms with E-state index in [0.29, 0.717) is 25.2 Å². The fourth-order valence-corrected chi connectivity index (χ4v) is 8.95. The van der Waals surface area contributed by atoms with E-state index in [1.54, 1.807) is 0 Å². The molecule has 4 rings (SSSR count). The van der Waals surface area contributed by atoms with Crippen molar-refractivity contribution in [2.45, 2.75) is 96.9 Å². The molecule has 1 amide bonds. The topological polar surface area (TPSA) is 127 Å². The summed E-state index contributed by atoms with van der Waals surface area (Å²) in [5.41, 5.74) is -0.214. The van der Waals surface area contributed by atoms with Crippen molar-refractivity contribution in [3.8, 4) is 0 Å². The van der Waals surface area contributed by atoms with Gasteiger partial charge in [-0.3, -0.25) is 9.59 Å². The summed E-state index contributed by atoms with van der Waals surface area (Å²) in [6, 6.07) is 0. The first-order valence-electron chi connectivity index (χ1n) is 13.0. The molecule has 0 aliphatic heterocycles. The lowest BCUT2D eigenvalue weighted by Gasteiger charge is -2.63. The van der Waals surface area contributed by atoms with E-state index in [1.807, 2.05) is 0 Å². The van der Waals surface area contributed by atoms with Crippen molar-refractivity contribution in [1.29, 1.82) is 0 Å². The van der Waals surface area contributed by atoms with Crippen LogP contribution in [0, 0.1) is 46.3 Å². The van der Waals surface area contributed by atoms with E-state index >= 15 is 0 Å². The molecule has 0 saturated heterocycles. The molecule has 0 unspecified atom stereocenters. The molecule has 0 radical (unpaired) electrons. The van der Waals surface area contributed by atoms with Crippen LogP contribution in [0.3, 0.4) is 0 Å². The summed E-state index contributed by atoms with van der Waals surface area (Å²) >= 11 is 0. The predicted molar refractivity (Wildman–Crippen MR) is 123 cm³/mol. The molecule has 0 aromatic rings. The molecule has 4 aliphatic rings. The number of hydrogen-bond donors (Lipinski definition) is 5. The Labute approximate surface area is 197 Å². The summed E-state index contributed by atoms with van der Waals surface area (Å²) in [5.74, 6) is 0.265. The Morgan fingerprint density at radius 2 is 1.76 bits per heavy atom. The first-order valence-corrected chi connectivity index (χ1v) is 13.0. The van der Waals surface area contributed by atoms with Gasteiger partial charge in [-0.05, 0) is 97.7 Å². The summed E-state index contributed by atoms with van der Waals surface area (Å²) in [6.45, 7) is 6.35. The van der Waals surface area contributed by atoms with Crippen LogP contribution in [0.1, 0.15) is 78.6 Å². The van der Waals surface area contributed by atoms with Gasteiger partial charge in [0.15, 0.2) is 0 Å². The van der Waals surface area contributed by atoms with Gasteiger partial charge in [0.2, 0.25) is 5.91 Å². The monoisotopic (exact) mass is 465 g/mol. The summed E-state index contributed by atoms with van der Waals surface area (Å²) < 4.78 is 0. The van der Waals surface area contributed by atoms with Crippen molar-refractivity contribution in [3.05, 3.63) is 0 Å². The molecule has 7 heteroatoms. The number of aliphatic hydroxyl groups excluding tert-OH is 3. The Bertz CT molecular complexity index is 759. The highest BCUT2D eigenvalue weighted by molar-refractivity contribution is 5.81. The molecule has 4 aliphatic carbocycles. The van der Waals surface area contributed by atoms with Crippen LogP contribution in [-0.4, -0.2) is 57.2 Å². The molecular formula is C26H43NO6. The van der Waals surface area contributed by atoms with E-state index in [-0.39, 0.29) is 65.1 Å². The normalized spacial score (nSPS) is 47.7. The van der Waals surface area contributed by atoms with Gasteiger partial charge in [-0.15, -0.1) is 0 Å². The standard InChI is InChI=1S/C26H43NO6/c1-14(4-7-22(31)27-13-23(32)33)17-5-6-18-24-19(12-21(30)26(17,18)3)25(2)9-8-16(28)10-15(25)11-20(24)29/h14-21,24,28-30H,4-13H2,1-3H3,(H,27,31)(H,32,33)/t14-,15-,16-,17+,18-,19+,20-,21+,24-,25-,26-/m1/s1. The Hall–Kier alpha value is -1.18. The number of amides is 1. The van der Waals surface area contributed by atoms with E-state index in [2.05, 4.69) is 26.1 Å². The van der Waals surface area contributed by atoms with Crippen LogP contribution in [0.5, 0.6) is 0 Å². The van der Waals surface area contributed by atoms with Gasteiger partial charge in [0.05, 0.1) is 18.3 Å². The number of aliphatic carboxylic acids is 1. The number of nitrogens with one attached hydrogen (secondary N) is 1. The number of fused-ring (bicyclic) bond motifs is 5. The van der Waals surface area contributed by atoms with Crippen LogP contribution in [0.2, 0.25) is 0 Å². The third-order valence-electron chi connectivity index (χ3n) is 10.8. The Morgan fingerprint density at radius 3 is 2.45 bits per heavy atom.